The van der Waals surface area contributed by atoms with Crippen molar-refractivity contribution in [1.29, 1.82) is 0 Å². The van der Waals surface area contributed by atoms with Gasteiger partial charge in [0.2, 0.25) is 0 Å². The van der Waals surface area contributed by atoms with Crippen molar-refractivity contribution < 1.29 is 33.0 Å². The molecule has 7 heteroatoms. The van der Waals surface area contributed by atoms with Gasteiger partial charge in [0, 0.05) is 34.4 Å². The van der Waals surface area contributed by atoms with E-state index in [0.717, 1.165) is 6.08 Å². The van der Waals surface area contributed by atoms with Crippen LogP contribution >= 0.6 is 0 Å². The summed E-state index contributed by atoms with van der Waals surface area (Å²) in [5.74, 6) is 3.72. The lowest BCUT2D eigenvalue weighted by Crippen LogP contribution is -2.08. The Bertz CT molecular complexity index is 1500. The van der Waals surface area contributed by atoms with Gasteiger partial charge in [0.1, 0.15) is 23.1 Å². The smallest absolute Gasteiger partial charge is 0.338 e. The normalized spacial score (nSPS) is 9.87. The first-order valence-corrected chi connectivity index (χ1v) is 11.2. The molecule has 38 heavy (non-hydrogen) atoms. The number of carbonyl (C=O) groups is 3. The zero-order valence-corrected chi connectivity index (χ0v) is 20.8. The van der Waals surface area contributed by atoms with E-state index in [1.54, 1.807) is 43.3 Å². The molecule has 0 heterocycles. The quantitative estimate of drug-likeness (QED) is 0.169. The van der Waals surface area contributed by atoms with Crippen LogP contribution in [0.25, 0.3) is 11.1 Å². The third kappa shape index (κ3) is 7.15. The summed E-state index contributed by atoms with van der Waals surface area (Å²) in [5, 5.41) is 0. The van der Waals surface area contributed by atoms with Gasteiger partial charge in [-0.3, -0.25) is 0 Å². The molecular weight excluding hydrogens is 487 g/mol. The van der Waals surface area contributed by atoms with E-state index >= 15 is 4.39 Å². The molecule has 0 atom stereocenters. The molecule has 0 amide bonds. The maximum Gasteiger partial charge on any atom is 0.338 e. The fourth-order valence-electron chi connectivity index (χ4n) is 2.95. The molecule has 0 aliphatic rings. The standard InChI is InChI=1S/C31H23FO6/c1-6-29(33)38-28-17-23(10-7-21-8-13-24(14-9-21)36-30(34)19(2)3)27(32)18-26(28)22-11-15-25(16-12-22)37-31(35)20(4)5/h6,8-9,11-18H,1-2,4H2,3,5H3. The molecule has 0 aromatic heterocycles. The highest BCUT2D eigenvalue weighted by molar-refractivity contribution is 5.89. The molecule has 3 aromatic carbocycles. The molecule has 0 saturated carbocycles. The molecule has 3 rings (SSSR count). The van der Waals surface area contributed by atoms with Crippen molar-refractivity contribution in [2.24, 2.45) is 0 Å². The van der Waals surface area contributed by atoms with E-state index in [1.807, 2.05) is 0 Å². The number of esters is 3. The topological polar surface area (TPSA) is 78.9 Å². The minimum atomic E-state index is -0.733. The summed E-state index contributed by atoms with van der Waals surface area (Å²) in [5.41, 5.74) is 1.82. The predicted molar refractivity (Wildman–Crippen MR) is 141 cm³/mol. The lowest BCUT2D eigenvalue weighted by molar-refractivity contribution is -0.130. The van der Waals surface area contributed by atoms with Crippen LogP contribution in [-0.2, 0) is 14.4 Å². The van der Waals surface area contributed by atoms with Gasteiger partial charge in [-0.2, -0.15) is 0 Å². The van der Waals surface area contributed by atoms with Gasteiger partial charge < -0.3 is 14.2 Å². The molecule has 0 N–H and O–H groups in total. The summed E-state index contributed by atoms with van der Waals surface area (Å²) < 4.78 is 30.7. The highest BCUT2D eigenvalue weighted by Crippen LogP contribution is 2.34. The minimum Gasteiger partial charge on any atom is -0.423 e. The minimum absolute atomic E-state index is 0.00888. The SMILES string of the molecule is C=CC(=O)Oc1cc(C#Cc2ccc(OC(=O)C(=C)C)cc2)c(F)cc1-c1ccc(OC(=O)C(=C)C)cc1. The molecular formula is C31H23FO6. The lowest BCUT2D eigenvalue weighted by Gasteiger charge is -2.12. The number of halogens is 1. The largest absolute Gasteiger partial charge is 0.423 e. The van der Waals surface area contributed by atoms with Gasteiger partial charge in [-0.05, 0) is 61.9 Å². The molecule has 0 aliphatic carbocycles. The Morgan fingerprint density at radius 3 is 1.82 bits per heavy atom. The Morgan fingerprint density at radius 1 is 0.789 bits per heavy atom. The van der Waals surface area contributed by atoms with Gasteiger partial charge in [-0.25, -0.2) is 18.8 Å². The molecule has 0 fully saturated rings. The van der Waals surface area contributed by atoms with Crippen molar-refractivity contribution in [3.8, 4) is 40.2 Å². The summed E-state index contributed by atoms with van der Waals surface area (Å²) in [7, 11) is 0. The van der Waals surface area contributed by atoms with Crippen LogP contribution < -0.4 is 14.2 Å². The van der Waals surface area contributed by atoms with Crippen molar-refractivity contribution in [1.82, 2.24) is 0 Å². The van der Waals surface area contributed by atoms with Crippen molar-refractivity contribution in [3.05, 3.63) is 115 Å². The summed E-state index contributed by atoms with van der Waals surface area (Å²) in [6.07, 6.45) is 0.987. The fraction of sp³-hybridized carbons (Fsp3) is 0.0645. The van der Waals surface area contributed by atoms with Crippen molar-refractivity contribution >= 4 is 17.9 Å². The summed E-state index contributed by atoms with van der Waals surface area (Å²) in [6, 6.07) is 15.1. The Balaban J connectivity index is 1.91. The molecule has 190 valence electrons. The van der Waals surface area contributed by atoms with Crippen LogP contribution in [0.3, 0.4) is 0 Å². The van der Waals surface area contributed by atoms with Crippen LogP contribution in [-0.4, -0.2) is 17.9 Å². The van der Waals surface area contributed by atoms with E-state index in [-0.39, 0.29) is 33.8 Å². The van der Waals surface area contributed by atoms with Gasteiger partial charge >= 0.3 is 17.9 Å². The maximum absolute atomic E-state index is 15.1. The average molecular weight is 511 g/mol. The van der Waals surface area contributed by atoms with Gasteiger partial charge in [-0.15, -0.1) is 0 Å². The van der Waals surface area contributed by atoms with E-state index in [1.165, 1.54) is 31.2 Å². The van der Waals surface area contributed by atoms with Crippen LogP contribution in [0.5, 0.6) is 17.2 Å². The molecule has 0 bridgehead atoms. The lowest BCUT2D eigenvalue weighted by atomic mass is 10.0. The first-order chi connectivity index (χ1) is 18.1. The number of hydrogen-bond acceptors (Lipinski definition) is 6. The van der Waals surface area contributed by atoms with E-state index in [4.69, 9.17) is 14.2 Å². The fourth-order valence-corrected chi connectivity index (χ4v) is 2.95. The van der Waals surface area contributed by atoms with Crippen molar-refractivity contribution in [2.75, 3.05) is 0 Å². The number of ether oxygens (including phenoxy) is 3. The number of hydrogen-bond donors (Lipinski definition) is 0. The van der Waals surface area contributed by atoms with Crippen LogP contribution in [0.4, 0.5) is 4.39 Å². The highest BCUT2D eigenvalue weighted by atomic mass is 19.1. The Labute approximate surface area is 219 Å². The number of rotatable bonds is 7. The van der Waals surface area contributed by atoms with Gasteiger partial charge in [0.25, 0.3) is 0 Å². The van der Waals surface area contributed by atoms with Gasteiger partial charge in [-0.1, -0.05) is 43.7 Å². The molecule has 0 unspecified atom stereocenters. The Hall–Kier alpha value is -5.22. The second-order valence-electron chi connectivity index (χ2n) is 8.09. The van der Waals surface area contributed by atoms with Crippen molar-refractivity contribution in [3.63, 3.8) is 0 Å². The van der Waals surface area contributed by atoms with E-state index in [9.17, 15) is 14.4 Å². The number of benzene rings is 3. The van der Waals surface area contributed by atoms with Crippen LogP contribution in [0, 0.1) is 17.7 Å². The van der Waals surface area contributed by atoms with E-state index in [2.05, 4.69) is 31.6 Å². The molecule has 0 saturated heterocycles. The third-order valence-corrected chi connectivity index (χ3v) is 4.93. The molecule has 0 spiro atoms. The summed E-state index contributed by atoms with van der Waals surface area (Å²) in [4.78, 5) is 35.3. The number of carbonyl (C=O) groups excluding carboxylic acids is 3. The predicted octanol–water partition coefficient (Wildman–Crippen LogP) is 5.95. The van der Waals surface area contributed by atoms with Crippen LogP contribution in [0.15, 0.2) is 97.6 Å². The average Bonchev–Trinajstić information content (AvgIpc) is 2.89. The zero-order valence-electron chi connectivity index (χ0n) is 20.8. The summed E-state index contributed by atoms with van der Waals surface area (Å²) >= 11 is 0. The maximum atomic E-state index is 15.1. The van der Waals surface area contributed by atoms with E-state index in [0.29, 0.717) is 16.9 Å². The Kier molecular flexibility index (Phi) is 8.75. The molecule has 3 aromatic rings. The third-order valence-electron chi connectivity index (χ3n) is 4.93. The van der Waals surface area contributed by atoms with Gasteiger partial charge in [0.15, 0.2) is 0 Å². The monoisotopic (exact) mass is 510 g/mol. The zero-order chi connectivity index (χ0) is 27.8. The van der Waals surface area contributed by atoms with Crippen LogP contribution in [0.2, 0.25) is 0 Å². The second kappa shape index (κ2) is 12.2. The first-order valence-electron chi connectivity index (χ1n) is 11.2. The highest BCUT2D eigenvalue weighted by Gasteiger charge is 2.15. The Morgan fingerprint density at radius 2 is 1.32 bits per heavy atom. The molecule has 6 nitrogen and oxygen atoms in total. The van der Waals surface area contributed by atoms with Gasteiger partial charge in [0.05, 0.1) is 5.56 Å². The van der Waals surface area contributed by atoms with Crippen LogP contribution in [0.1, 0.15) is 25.0 Å². The molecule has 0 radical (unpaired) electrons. The first kappa shape index (κ1) is 27.4. The summed E-state index contributed by atoms with van der Waals surface area (Å²) in [6.45, 7) is 13.5. The molecule has 0 aliphatic heterocycles. The second-order valence-corrected chi connectivity index (χ2v) is 8.09. The van der Waals surface area contributed by atoms with E-state index < -0.39 is 23.7 Å². The van der Waals surface area contributed by atoms with Crippen molar-refractivity contribution in [2.45, 2.75) is 13.8 Å².